The third kappa shape index (κ3) is 3.16. The predicted molar refractivity (Wildman–Crippen MR) is 85.7 cm³/mol. The summed E-state index contributed by atoms with van der Waals surface area (Å²) in [6, 6.07) is 11.9. The third-order valence-corrected chi connectivity index (χ3v) is 3.59. The van der Waals surface area contributed by atoms with Crippen molar-refractivity contribution in [2.45, 2.75) is 6.92 Å². The van der Waals surface area contributed by atoms with E-state index in [4.69, 9.17) is 10.9 Å². The molecule has 0 atom stereocenters. The maximum atomic E-state index is 14.0. The first-order valence-electron chi connectivity index (χ1n) is 6.38. The number of hydrogen-bond acceptors (Lipinski definition) is 3. The van der Waals surface area contributed by atoms with E-state index in [0.29, 0.717) is 23.5 Å². The van der Waals surface area contributed by atoms with Crippen LogP contribution in [0.15, 0.2) is 52.1 Å². The van der Waals surface area contributed by atoms with Crippen LogP contribution >= 0.6 is 15.9 Å². The number of rotatable bonds is 4. The molecule has 0 spiro atoms. The van der Waals surface area contributed by atoms with Crippen LogP contribution in [0.1, 0.15) is 12.5 Å². The van der Waals surface area contributed by atoms with E-state index in [9.17, 15) is 4.39 Å². The molecule has 21 heavy (non-hydrogen) atoms. The molecule has 6 heteroatoms. The molecule has 0 unspecified atom stereocenters. The van der Waals surface area contributed by atoms with Crippen molar-refractivity contribution < 1.29 is 9.60 Å². The second-order valence-corrected chi connectivity index (χ2v) is 5.26. The zero-order valence-corrected chi connectivity index (χ0v) is 13.0. The molecule has 0 bridgehead atoms. The Morgan fingerprint density at radius 2 is 2.00 bits per heavy atom. The Balaban J connectivity index is 2.61. The van der Waals surface area contributed by atoms with Crippen molar-refractivity contribution in [1.82, 2.24) is 0 Å². The van der Waals surface area contributed by atoms with Crippen LogP contribution in [-0.2, 0) is 0 Å². The van der Waals surface area contributed by atoms with Gasteiger partial charge in [0.15, 0.2) is 5.84 Å². The van der Waals surface area contributed by atoms with E-state index < -0.39 is 0 Å². The summed E-state index contributed by atoms with van der Waals surface area (Å²) in [5, 5.41) is 12.0. The molecule has 2 rings (SSSR count). The van der Waals surface area contributed by atoms with Crippen molar-refractivity contribution in [2.24, 2.45) is 10.9 Å². The van der Waals surface area contributed by atoms with Gasteiger partial charge in [0.2, 0.25) is 0 Å². The Hall–Kier alpha value is -2.08. The number of hydrogen-bond donors (Lipinski definition) is 2. The fourth-order valence-corrected chi connectivity index (χ4v) is 2.50. The standard InChI is InChI=1S/C15H15BrFN3O/c1-2-20(14-6-4-3-5-12(14)17)13-8-7-10(16)9-11(13)15(18)19-21/h3-9,21H,2H2,1H3,(H2,18,19). The third-order valence-electron chi connectivity index (χ3n) is 3.09. The van der Waals surface area contributed by atoms with Gasteiger partial charge in [0.1, 0.15) is 5.82 Å². The summed E-state index contributed by atoms with van der Waals surface area (Å²) in [7, 11) is 0. The summed E-state index contributed by atoms with van der Waals surface area (Å²) >= 11 is 3.35. The average Bonchev–Trinajstić information content (AvgIpc) is 2.50. The molecular weight excluding hydrogens is 337 g/mol. The monoisotopic (exact) mass is 351 g/mol. The number of oxime groups is 1. The first-order valence-corrected chi connectivity index (χ1v) is 7.17. The van der Waals surface area contributed by atoms with Crippen LogP contribution in [-0.4, -0.2) is 17.6 Å². The number of anilines is 2. The Kier molecular flexibility index (Phi) is 4.80. The van der Waals surface area contributed by atoms with Gasteiger partial charge in [-0.2, -0.15) is 0 Å². The van der Waals surface area contributed by atoms with Gasteiger partial charge in [0, 0.05) is 16.6 Å². The van der Waals surface area contributed by atoms with Crippen molar-refractivity contribution in [3.8, 4) is 0 Å². The number of nitrogens with two attached hydrogens (primary N) is 1. The largest absolute Gasteiger partial charge is 0.409 e. The highest BCUT2D eigenvalue weighted by molar-refractivity contribution is 9.10. The van der Waals surface area contributed by atoms with Crippen molar-refractivity contribution >= 4 is 33.1 Å². The Labute approximate surface area is 130 Å². The van der Waals surface area contributed by atoms with E-state index in [0.717, 1.165) is 4.47 Å². The van der Waals surface area contributed by atoms with Gasteiger partial charge in [0.05, 0.1) is 11.4 Å². The Bertz CT molecular complexity index is 676. The molecule has 0 aliphatic carbocycles. The number of benzene rings is 2. The summed E-state index contributed by atoms with van der Waals surface area (Å²) in [4.78, 5) is 1.77. The molecule has 2 aromatic rings. The highest BCUT2D eigenvalue weighted by Crippen LogP contribution is 2.32. The van der Waals surface area contributed by atoms with Crippen LogP contribution in [0.4, 0.5) is 15.8 Å². The quantitative estimate of drug-likeness (QED) is 0.380. The molecule has 2 aromatic carbocycles. The number of amidine groups is 1. The van der Waals surface area contributed by atoms with E-state index in [-0.39, 0.29) is 11.7 Å². The second kappa shape index (κ2) is 6.58. The maximum Gasteiger partial charge on any atom is 0.172 e. The minimum absolute atomic E-state index is 0.0268. The van der Waals surface area contributed by atoms with Crippen LogP contribution in [0.5, 0.6) is 0 Å². The van der Waals surface area contributed by atoms with E-state index >= 15 is 0 Å². The Morgan fingerprint density at radius 1 is 1.29 bits per heavy atom. The van der Waals surface area contributed by atoms with Crippen molar-refractivity contribution in [2.75, 3.05) is 11.4 Å². The minimum atomic E-state index is -0.326. The van der Waals surface area contributed by atoms with Gasteiger partial charge < -0.3 is 15.8 Å². The van der Waals surface area contributed by atoms with Gasteiger partial charge in [-0.1, -0.05) is 33.2 Å². The summed E-state index contributed by atoms with van der Waals surface area (Å²) in [6.45, 7) is 2.44. The molecule has 0 saturated heterocycles. The van der Waals surface area contributed by atoms with Crippen molar-refractivity contribution in [1.29, 1.82) is 0 Å². The second-order valence-electron chi connectivity index (χ2n) is 4.34. The van der Waals surface area contributed by atoms with Gasteiger partial charge in [0.25, 0.3) is 0 Å². The molecular formula is C15H15BrFN3O. The van der Waals surface area contributed by atoms with E-state index in [1.54, 1.807) is 35.2 Å². The van der Waals surface area contributed by atoms with Gasteiger partial charge >= 0.3 is 0 Å². The fourth-order valence-electron chi connectivity index (χ4n) is 2.14. The molecule has 0 aromatic heterocycles. The van der Waals surface area contributed by atoms with E-state index in [1.807, 2.05) is 13.0 Å². The average molecular weight is 352 g/mol. The lowest BCUT2D eigenvalue weighted by molar-refractivity contribution is 0.318. The molecule has 0 amide bonds. The summed E-state index contributed by atoms with van der Waals surface area (Å²) in [5.74, 6) is -0.353. The molecule has 3 N–H and O–H groups in total. The predicted octanol–water partition coefficient (Wildman–Crippen LogP) is 3.84. The molecule has 110 valence electrons. The van der Waals surface area contributed by atoms with Gasteiger partial charge in [-0.05, 0) is 37.3 Å². The first-order chi connectivity index (χ1) is 10.1. The van der Waals surface area contributed by atoms with Gasteiger partial charge in [-0.15, -0.1) is 0 Å². The molecule has 0 saturated carbocycles. The topological polar surface area (TPSA) is 61.8 Å². The molecule has 0 radical (unpaired) electrons. The van der Waals surface area contributed by atoms with Crippen LogP contribution in [0.2, 0.25) is 0 Å². The van der Waals surface area contributed by atoms with Gasteiger partial charge in [-0.25, -0.2) is 4.39 Å². The minimum Gasteiger partial charge on any atom is -0.409 e. The van der Waals surface area contributed by atoms with Gasteiger partial charge in [-0.3, -0.25) is 0 Å². The van der Waals surface area contributed by atoms with E-state index in [2.05, 4.69) is 21.1 Å². The van der Waals surface area contributed by atoms with Crippen LogP contribution < -0.4 is 10.6 Å². The number of nitrogens with zero attached hydrogens (tertiary/aromatic N) is 2. The molecule has 0 aliphatic heterocycles. The maximum absolute atomic E-state index is 14.0. The molecule has 0 fully saturated rings. The highest BCUT2D eigenvalue weighted by Gasteiger charge is 2.17. The summed E-state index contributed by atoms with van der Waals surface area (Å²) in [5.41, 5.74) is 7.36. The first kappa shape index (κ1) is 15.3. The van der Waals surface area contributed by atoms with E-state index in [1.165, 1.54) is 6.07 Å². The van der Waals surface area contributed by atoms with Crippen LogP contribution in [0, 0.1) is 5.82 Å². The van der Waals surface area contributed by atoms with Crippen LogP contribution in [0.25, 0.3) is 0 Å². The lowest BCUT2D eigenvalue weighted by atomic mass is 10.1. The molecule has 0 aliphatic rings. The zero-order valence-electron chi connectivity index (χ0n) is 11.4. The van der Waals surface area contributed by atoms with Crippen molar-refractivity contribution in [3.63, 3.8) is 0 Å². The molecule has 4 nitrogen and oxygen atoms in total. The summed E-state index contributed by atoms with van der Waals surface area (Å²) in [6.07, 6.45) is 0. The zero-order chi connectivity index (χ0) is 15.4. The lowest BCUT2D eigenvalue weighted by Crippen LogP contribution is -2.23. The smallest absolute Gasteiger partial charge is 0.172 e. The number of halogens is 2. The lowest BCUT2D eigenvalue weighted by Gasteiger charge is -2.26. The molecule has 0 heterocycles. The number of para-hydroxylation sites is 1. The normalized spacial score (nSPS) is 11.5. The fraction of sp³-hybridized carbons (Fsp3) is 0.133. The SMILES string of the molecule is CCN(c1ccccc1F)c1ccc(Br)cc1/C(N)=N/O. The van der Waals surface area contributed by atoms with Crippen molar-refractivity contribution in [3.05, 3.63) is 58.3 Å². The summed E-state index contributed by atoms with van der Waals surface area (Å²) < 4.78 is 14.8. The van der Waals surface area contributed by atoms with Crippen LogP contribution in [0.3, 0.4) is 0 Å². The highest BCUT2D eigenvalue weighted by atomic mass is 79.9. The Morgan fingerprint density at radius 3 is 2.62 bits per heavy atom.